The summed E-state index contributed by atoms with van der Waals surface area (Å²) in [7, 11) is 1.52. The van der Waals surface area contributed by atoms with Crippen LogP contribution in [-0.4, -0.2) is 62.9 Å². The van der Waals surface area contributed by atoms with Crippen molar-refractivity contribution in [1.29, 1.82) is 0 Å². The number of methoxy groups -OCH3 is 1. The molecule has 6 heteroatoms. The highest BCUT2D eigenvalue weighted by Gasteiger charge is 2.35. The average Bonchev–Trinajstić information content (AvgIpc) is 2.29. The van der Waals surface area contributed by atoms with Gasteiger partial charge in [-0.25, -0.2) is 0 Å². The number of rotatable bonds is 9. The molecule has 0 rings (SSSR count). The predicted octanol–water partition coefficient (Wildman–Crippen LogP) is 0.936. The Morgan fingerprint density at radius 2 is 1.47 bits per heavy atom. The van der Waals surface area contributed by atoms with Crippen molar-refractivity contribution in [2.45, 2.75) is 49.8 Å². The van der Waals surface area contributed by atoms with Crippen LogP contribution in [-0.2, 0) is 4.74 Å². The Balaban J connectivity index is 4.63. The van der Waals surface area contributed by atoms with Gasteiger partial charge in [0.05, 0.1) is 10.7 Å². The molecule has 0 saturated heterocycles. The van der Waals surface area contributed by atoms with Crippen LogP contribution in [0.5, 0.6) is 0 Å². The van der Waals surface area contributed by atoms with E-state index in [9.17, 15) is 15.3 Å². The molecular formula is C11H24O4S2. The van der Waals surface area contributed by atoms with E-state index in [-0.39, 0.29) is 4.58 Å². The van der Waals surface area contributed by atoms with Crippen molar-refractivity contribution in [3.05, 3.63) is 0 Å². The monoisotopic (exact) mass is 284 g/mol. The molecule has 0 bridgehead atoms. The lowest BCUT2D eigenvalue weighted by molar-refractivity contribution is -0.105. The second-order valence-electron chi connectivity index (χ2n) is 3.70. The highest BCUT2D eigenvalue weighted by atomic mass is 32.2. The van der Waals surface area contributed by atoms with E-state index >= 15 is 0 Å². The van der Waals surface area contributed by atoms with Crippen molar-refractivity contribution < 1.29 is 20.1 Å². The third kappa shape index (κ3) is 5.81. The lowest BCUT2D eigenvalue weighted by atomic mass is 10.1. The van der Waals surface area contributed by atoms with E-state index in [1.807, 2.05) is 13.8 Å². The maximum atomic E-state index is 10.0. The van der Waals surface area contributed by atoms with Gasteiger partial charge in [0.2, 0.25) is 0 Å². The third-order valence-electron chi connectivity index (χ3n) is 2.38. The fourth-order valence-electron chi connectivity index (χ4n) is 1.46. The second-order valence-corrected chi connectivity index (χ2v) is 6.84. The lowest BCUT2D eigenvalue weighted by Crippen LogP contribution is -2.47. The van der Waals surface area contributed by atoms with Crippen LogP contribution in [0.15, 0.2) is 0 Å². The summed E-state index contributed by atoms with van der Waals surface area (Å²) in [4.78, 5) is 0. The van der Waals surface area contributed by atoms with E-state index < -0.39 is 24.4 Å². The van der Waals surface area contributed by atoms with Gasteiger partial charge in [-0.15, -0.1) is 23.5 Å². The maximum Gasteiger partial charge on any atom is 0.110 e. The van der Waals surface area contributed by atoms with Crippen LogP contribution in [0.25, 0.3) is 0 Å². The highest BCUT2D eigenvalue weighted by Crippen LogP contribution is 2.30. The van der Waals surface area contributed by atoms with E-state index in [1.165, 1.54) is 14.0 Å². The SMILES string of the molecule is CCSC(SCC)C(OC)C(O)C(O)C(C)O. The number of hydrogen-bond acceptors (Lipinski definition) is 6. The molecular weight excluding hydrogens is 260 g/mol. The zero-order valence-electron chi connectivity index (χ0n) is 10.9. The van der Waals surface area contributed by atoms with Gasteiger partial charge >= 0.3 is 0 Å². The Hall–Kier alpha value is 0.540. The minimum absolute atomic E-state index is 0.0541. The Labute approximate surface area is 112 Å². The van der Waals surface area contributed by atoms with E-state index in [0.717, 1.165) is 11.5 Å². The molecule has 17 heavy (non-hydrogen) atoms. The van der Waals surface area contributed by atoms with Gasteiger partial charge in [-0.1, -0.05) is 13.8 Å². The summed E-state index contributed by atoms with van der Waals surface area (Å²) in [6.45, 7) is 5.53. The van der Waals surface area contributed by atoms with Gasteiger partial charge in [0.15, 0.2) is 0 Å². The number of ether oxygens (including phenoxy) is 1. The van der Waals surface area contributed by atoms with Gasteiger partial charge in [0.25, 0.3) is 0 Å². The number of thioether (sulfide) groups is 2. The van der Waals surface area contributed by atoms with Gasteiger partial charge in [-0.3, -0.25) is 0 Å². The molecule has 0 fully saturated rings. The first kappa shape index (κ1) is 17.5. The van der Waals surface area contributed by atoms with Crippen molar-refractivity contribution in [2.75, 3.05) is 18.6 Å². The quantitative estimate of drug-likeness (QED) is 0.547. The first-order valence-electron chi connectivity index (χ1n) is 5.79. The molecule has 0 amide bonds. The van der Waals surface area contributed by atoms with Gasteiger partial charge in [-0.2, -0.15) is 0 Å². The molecule has 0 aliphatic carbocycles. The van der Waals surface area contributed by atoms with Gasteiger partial charge in [0, 0.05) is 7.11 Å². The smallest absolute Gasteiger partial charge is 0.110 e. The van der Waals surface area contributed by atoms with E-state index in [0.29, 0.717) is 0 Å². The van der Waals surface area contributed by atoms with Crippen LogP contribution in [0.4, 0.5) is 0 Å². The van der Waals surface area contributed by atoms with E-state index in [1.54, 1.807) is 23.5 Å². The van der Waals surface area contributed by atoms with Crippen LogP contribution < -0.4 is 0 Å². The first-order valence-corrected chi connectivity index (χ1v) is 7.89. The molecule has 0 aromatic heterocycles. The molecule has 0 aliphatic heterocycles. The molecule has 0 aromatic carbocycles. The lowest BCUT2D eigenvalue weighted by Gasteiger charge is -2.32. The van der Waals surface area contributed by atoms with E-state index in [2.05, 4.69) is 0 Å². The number of hydrogen-bond donors (Lipinski definition) is 3. The van der Waals surface area contributed by atoms with Crippen molar-refractivity contribution in [1.82, 2.24) is 0 Å². The summed E-state index contributed by atoms with van der Waals surface area (Å²) in [5, 5.41) is 29.0. The zero-order valence-corrected chi connectivity index (χ0v) is 12.5. The largest absolute Gasteiger partial charge is 0.391 e. The normalized spacial score (nSPS) is 19.1. The molecule has 0 aliphatic rings. The predicted molar refractivity (Wildman–Crippen MR) is 74.5 cm³/mol. The average molecular weight is 284 g/mol. The Morgan fingerprint density at radius 1 is 1.00 bits per heavy atom. The second kappa shape index (κ2) is 9.47. The Kier molecular flexibility index (Phi) is 9.77. The van der Waals surface area contributed by atoms with Crippen molar-refractivity contribution in [3.8, 4) is 0 Å². The van der Waals surface area contributed by atoms with E-state index in [4.69, 9.17) is 4.74 Å². The molecule has 3 N–H and O–H groups in total. The molecule has 0 heterocycles. The molecule has 0 spiro atoms. The van der Waals surface area contributed by atoms with Crippen molar-refractivity contribution >= 4 is 23.5 Å². The molecule has 4 nitrogen and oxygen atoms in total. The Morgan fingerprint density at radius 3 is 1.76 bits per heavy atom. The fraction of sp³-hybridized carbons (Fsp3) is 1.00. The summed E-state index contributed by atoms with van der Waals surface area (Å²) in [5.74, 6) is 1.82. The van der Waals surface area contributed by atoms with Gasteiger partial charge in [-0.05, 0) is 18.4 Å². The van der Waals surface area contributed by atoms with Crippen LogP contribution in [0, 0.1) is 0 Å². The van der Waals surface area contributed by atoms with Gasteiger partial charge in [0.1, 0.15) is 18.3 Å². The molecule has 4 unspecified atom stereocenters. The molecule has 104 valence electrons. The third-order valence-corrected chi connectivity index (χ3v) is 5.06. The zero-order chi connectivity index (χ0) is 13.4. The Bertz CT molecular complexity index is 184. The van der Waals surface area contributed by atoms with Crippen LogP contribution in [0.1, 0.15) is 20.8 Å². The highest BCUT2D eigenvalue weighted by molar-refractivity contribution is 8.17. The molecule has 0 saturated carbocycles. The van der Waals surface area contributed by atoms with Crippen LogP contribution >= 0.6 is 23.5 Å². The van der Waals surface area contributed by atoms with Gasteiger partial charge < -0.3 is 20.1 Å². The standard InChI is InChI=1S/C11H24O4S2/c1-5-16-11(17-6-2)10(15-4)9(14)8(13)7(3)12/h7-14H,5-6H2,1-4H3. The summed E-state index contributed by atoms with van der Waals surface area (Å²) in [6.07, 6.45) is -3.73. The van der Waals surface area contributed by atoms with Crippen LogP contribution in [0.3, 0.4) is 0 Å². The van der Waals surface area contributed by atoms with Crippen molar-refractivity contribution in [2.24, 2.45) is 0 Å². The number of aliphatic hydroxyl groups is 3. The summed E-state index contributed by atoms with van der Waals surface area (Å²) < 4.78 is 5.34. The minimum atomic E-state index is -1.18. The molecule has 0 aromatic rings. The summed E-state index contributed by atoms with van der Waals surface area (Å²) in [6, 6.07) is 0. The fourth-order valence-corrected chi connectivity index (χ4v) is 4.24. The maximum absolute atomic E-state index is 10.0. The summed E-state index contributed by atoms with van der Waals surface area (Å²) in [5.41, 5.74) is 0. The minimum Gasteiger partial charge on any atom is -0.391 e. The first-order chi connectivity index (χ1) is 7.99. The topological polar surface area (TPSA) is 69.9 Å². The number of aliphatic hydroxyl groups excluding tert-OH is 3. The van der Waals surface area contributed by atoms with Crippen molar-refractivity contribution in [3.63, 3.8) is 0 Å². The summed E-state index contributed by atoms with van der Waals surface area (Å²) >= 11 is 3.35. The molecule has 4 atom stereocenters. The molecule has 0 radical (unpaired) electrons. The van der Waals surface area contributed by atoms with Crippen LogP contribution in [0.2, 0.25) is 0 Å².